The maximum absolute atomic E-state index is 13.8. The number of aryl methyl sites for hydroxylation is 2. The molecular formula is C28H29ClN6O3. The van der Waals surface area contributed by atoms with E-state index in [-0.39, 0.29) is 5.56 Å². The predicted octanol–water partition coefficient (Wildman–Crippen LogP) is 4.82. The van der Waals surface area contributed by atoms with Gasteiger partial charge in [0.2, 0.25) is 0 Å². The van der Waals surface area contributed by atoms with E-state index in [4.69, 9.17) is 20.8 Å². The van der Waals surface area contributed by atoms with E-state index >= 15 is 0 Å². The number of hydrogen-bond donors (Lipinski definition) is 1. The average molecular weight is 533 g/mol. The molecule has 0 saturated heterocycles. The van der Waals surface area contributed by atoms with Gasteiger partial charge in [0.25, 0.3) is 5.56 Å². The Labute approximate surface area is 225 Å². The Morgan fingerprint density at radius 1 is 1.11 bits per heavy atom. The third kappa shape index (κ3) is 5.26. The summed E-state index contributed by atoms with van der Waals surface area (Å²) in [4.78, 5) is 19.0. The van der Waals surface area contributed by atoms with Crippen LogP contribution < -0.4 is 5.56 Å². The molecule has 0 unspecified atom stereocenters. The second-order valence-electron chi connectivity index (χ2n) is 9.27. The van der Waals surface area contributed by atoms with Crippen LogP contribution in [0.2, 0.25) is 5.02 Å². The molecule has 5 aromatic rings. The van der Waals surface area contributed by atoms with Crippen LogP contribution in [-0.2, 0) is 24.4 Å². The average Bonchev–Trinajstić information content (AvgIpc) is 3.59. The van der Waals surface area contributed by atoms with Crippen LogP contribution in [0, 0.1) is 13.8 Å². The number of aromatic amines is 1. The van der Waals surface area contributed by atoms with Crippen LogP contribution in [-0.4, -0.2) is 43.8 Å². The molecule has 38 heavy (non-hydrogen) atoms. The Morgan fingerprint density at radius 2 is 1.92 bits per heavy atom. The number of hydrogen-bond acceptors (Lipinski definition) is 7. The van der Waals surface area contributed by atoms with Crippen LogP contribution in [0.1, 0.15) is 39.9 Å². The van der Waals surface area contributed by atoms with Gasteiger partial charge in [-0.3, -0.25) is 9.69 Å². The molecule has 0 radical (unpaired) electrons. The fourth-order valence-corrected chi connectivity index (χ4v) is 4.92. The number of nitrogens with zero attached hydrogens (tertiary/aromatic N) is 5. The molecule has 3 heterocycles. The number of pyridine rings is 1. The standard InChI is InChI=1S/C28H29ClN6O3/c1-18-10-11-19(2)25-22(18)15-23(28(36)30-25)26(27-31-32-33-35(27)12-14-37-3)34(17-21-8-6-13-38-21)16-20-7-4-5-9-24(20)29/h4-11,13,15,26H,12,14,16-17H2,1-3H3,(H,30,36)/t26-/m0/s1. The van der Waals surface area contributed by atoms with E-state index in [0.717, 1.165) is 33.4 Å². The molecule has 10 heteroatoms. The van der Waals surface area contributed by atoms with Crippen molar-refractivity contribution in [3.63, 3.8) is 0 Å². The molecule has 1 atom stereocenters. The first-order valence-electron chi connectivity index (χ1n) is 12.3. The van der Waals surface area contributed by atoms with E-state index in [1.165, 1.54) is 0 Å². The maximum atomic E-state index is 13.8. The SMILES string of the molecule is COCCn1nnnc1[C@H](c1cc2c(C)ccc(C)c2[nH]c1=O)N(Cc1ccco1)Cc1ccccc1Cl. The molecular weight excluding hydrogens is 504 g/mol. The zero-order valence-electron chi connectivity index (χ0n) is 21.5. The molecule has 0 fully saturated rings. The summed E-state index contributed by atoms with van der Waals surface area (Å²) in [6, 6.07) is 16.8. The van der Waals surface area contributed by atoms with Crippen LogP contribution >= 0.6 is 11.6 Å². The number of H-pyrrole nitrogens is 1. The minimum atomic E-state index is -0.615. The van der Waals surface area contributed by atoms with E-state index < -0.39 is 6.04 Å². The van der Waals surface area contributed by atoms with Crippen molar-refractivity contribution < 1.29 is 9.15 Å². The van der Waals surface area contributed by atoms with E-state index in [1.54, 1.807) is 18.1 Å². The highest BCUT2D eigenvalue weighted by Crippen LogP contribution is 2.32. The number of ether oxygens (including phenoxy) is 1. The van der Waals surface area contributed by atoms with E-state index in [1.807, 2.05) is 62.4 Å². The summed E-state index contributed by atoms with van der Waals surface area (Å²) in [7, 11) is 1.63. The molecule has 0 aliphatic rings. The van der Waals surface area contributed by atoms with Crippen molar-refractivity contribution >= 4 is 22.5 Å². The van der Waals surface area contributed by atoms with Gasteiger partial charge in [-0.2, -0.15) is 0 Å². The molecule has 0 amide bonds. The molecule has 9 nitrogen and oxygen atoms in total. The van der Waals surface area contributed by atoms with E-state index in [2.05, 4.69) is 31.5 Å². The fraction of sp³-hybridized carbons (Fsp3) is 0.286. The number of nitrogens with one attached hydrogen (secondary N) is 1. The normalized spacial score (nSPS) is 12.4. The molecule has 0 spiro atoms. The molecule has 1 N–H and O–H groups in total. The number of benzene rings is 2. The Kier molecular flexibility index (Phi) is 7.69. The highest BCUT2D eigenvalue weighted by atomic mass is 35.5. The van der Waals surface area contributed by atoms with Gasteiger partial charge in [-0.15, -0.1) is 5.10 Å². The van der Waals surface area contributed by atoms with Crippen LogP contribution in [0.4, 0.5) is 0 Å². The van der Waals surface area contributed by atoms with Crippen molar-refractivity contribution in [2.75, 3.05) is 13.7 Å². The zero-order valence-corrected chi connectivity index (χ0v) is 22.3. The van der Waals surface area contributed by atoms with Gasteiger partial charge in [0.05, 0.1) is 31.5 Å². The number of tetrazole rings is 1. The first kappa shape index (κ1) is 25.8. The van der Waals surface area contributed by atoms with Crippen molar-refractivity contribution in [3.05, 3.63) is 110 Å². The van der Waals surface area contributed by atoms with Gasteiger partial charge >= 0.3 is 0 Å². The first-order chi connectivity index (χ1) is 18.5. The molecule has 5 rings (SSSR count). The second-order valence-corrected chi connectivity index (χ2v) is 9.68. The molecule has 3 aromatic heterocycles. The Morgan fingerprint density at radius 3 is 2.68 bits per heavy atom. The predicted molar refractivity (Wildman–Crippen MR) is 145 cm³/mol. The summed E-state index contributed by atoms with van der Waals surface area (Å²) < 4.78 is 12.7. The van der Waals surface area contributed by atoms with Gasteiger partial charge in [-0.05, 0) is 65.2 Å². The molecule has 2 aromatic carbocycles. The Balaban J connectivity index is 1.72. The smallest absolute Gasteiger partial charge is 0.253 e. The number of rotatable bonds is 10. The third-order valence-corrected chi connectivity index (χ3v) is 7.08. The number of halogens is 1. The van der Waals surface area contributed by atoms with Gasteiger partial charge in [-0.25, -0.2) is 4.68 Å². The van der Waals surface area contributed by atoms with Crippen molar-refractivity contribution in [2.24, 2.45) is 0 Å². The van der Waals surface area contributed by atoms with Gasteiger partial charge in [-0.1, -0.05) is 41.9 Å². The minimum absolute atomic E-state index is 0.207. The molecule has 196 valence electrons. The van der Waals surface area contributed by atoms with E-state index in [0.29, 0.717) is 42.7 Å². The summed E-state index contributed by atoms with van der Waals surface area (Å²) in [6.45, 7) is 5.68. The highest BCUT2D eigenvalue weighted by molar-refractivity contribution is 6.31. The second kappa shape index (κ2) is 11.3. The monoisotopic (exact) mass is 532 g/mol. The summed E-state index contributed by atoms with van der Waals surface area (Å²) in [5, 5.41) is 14.2. The summed E-state index contributed by atoms with van der Waals surface area (Å²) >= 11 is 6.59. The van der Waals surface area contributed by atoms with Gasteiger partial charge in [0.1, 0.15) is 11.8 Å². The molecule has 0 bridgehead atoms. The Hall–Kier alpha value is -3.79. The number of aromatic nitrogens is 5. The minimum Gasteiger partial charge on any atom is -0.468 e. The van der Waals surface area contributed by atoms with Gasteiger partial charge in [0, 0.05) is 29.6 Å². The number of fused-ring (bicyclic) bond motifs is 1. The molecule has 0 saturated carbocycles. The van der Waals surface area contributed by atoms with Crippen LogP contribution in [0.5, 0.6) is 0 Å². The van der Waals surface area contributed by atoms with Crippen LogP contribution in [0.3, 0.4) is 0 Å². The number of methoxy groups -OCH3 is 1. The van der Waals surface area contributed by atoms with Crippen LogP contribution in [0.25, 0.3) is 10.9 Å². The number of furan rings is 1. The summed E-state index contributed by atoms with van der Waals surface area (Å²) in [5.41, 5.74) is 4.11. The van der Waals surface area contributed by atoms with Crippen molar-refractivity contribution in [1.29, 1.82) is 0 Å². The molecule has 0 aliphatic heterocycles. The highest BCUT2D eigenvalue weighted by Gasteiger charge is 2.32. The van der Waals surface area contributed by atoms with Crippen LogP contribution in [0.15, 0.2) is 70.1 Å². The summed E-state index contributed by atoms with van der Waals surface area (Å²) in [5.74, 6) is 1.26. The topological polar surface area (TPSA) is 102 Å². The maximum Gasteiger partial charge on any atom is 0.253 e. The van der Waals surface area contributed by atoms with Crippen molar-refractivity contribution in [1.82, 2.24) is 30.1 Å². The van der Waals surface area contributed by atoms with E-state index in [9.17, 15) is 4.79 Å². The van der Waals surface area contributed by atoms with Gasteiger partial charge < -0.3 is 14.1 Å². The zero-order chi connectivity index (χ0) is 26.6. The quantitative estimate of drug-likeness (QED) is 0.275. The molecule has 0 aliphatic carbocycles. The first-order valence-corrected chi connectivity index (χ1v) is 12.7. The third-order valence-electron chi connectivity index (χ3n) is 6.71. The van der Waals surface area contributed by atoms with Crippen molar-refractivity contribution in [3.8, 4) is 0 Å². The lowest BCUT2D eigenvalue weighted by Crippen LogP contribution is -2.35. The van der Waals surface area contributed by atoms with Gasteiger partial charge in [0.15, 0.2) is 5.82 Å². The fourth-order valence-electron chi connectivity index (χ4n) is 4.72. The Bertz CT molecular complexity index is 1590. The lowest BCUT2D eigenvalue weighted by Gasteiger charge is -2.30. The lowest BCUT2D eigenvalue weighted by molar-refractivity contribution is 0.163. The van der Waals surface area contributed by atoms with Crippen molar-refractivity contribution in [2.45, 2.75) is 39.5 Å². The lowest BCUT2D eigenvalue weighted by atomic mass is 9.99. The summed E-state index contributed by atoms with van der Waals surface area (Å²) in [6.07, 6.45) is 1.63. The largest absolute Gasteiger partial charge is 0.468 e.